The van der Waals surface area contributed by atoms with Crippen molar-refractivity contribution >= 4 is 6.21 Å². The molecular weight excluding hydrogens is 364 g/mol. The Balaban J connectivity index is 1.87. The summed E-state index contributed by atoms with van der Waals surface area (Å²) in [5, 5.41) is 6.78. The fourth-order valence-corrected chi connectivity index (χ4v) is 3.05. The molecule has 150 valence electrons. The fraction of sp³-hybridized carbons (Fsp3) is 0.208. The van der Waals surface area contributed by atoms with Crippen molar-refractivity contribution in [3.05, 3.63) is 89.5 Å². The summed E-state index contributed by atoms with van der Waals surface area (Å²) in [5.74, 6) is 1.77. The summed E-state index contributed by atoms with van der Waals surface area (Å²) in [6.07, 6.45) is 1.82. The number of hydrogen-bond donors (Lipinski definition) is 0. The predicted octanol–water partition coefficient (Wildman–Crippen LogP) is 4.75. The van der Waals surface area contributed by atoms with Crippen LogP contribution in [-0.4, -0.2) is 32.6 Å². The molecule has 0 aliphatic heterocycles. The van der Waals surface area contributed by atoms with Crippen LogP contribution in [0.5, 0.6) is 17.2 Å². The lowest BCUT2D eigenvalue weighted by atomic mass is 10.2. The van der Waals surface area contributed by atoms with E-state index in [0.717, 1.165) is 5.56 Å². The summed E-state index contributed by atoms with van der Waals surface area (Å²) < 4.78 is 16.3. The summed E-state index contributed by atoms with van der Waals surface area (Å²) >= 11 is 0. The van der Waals surface area contributed by atoms with Gasteiger partial charge in [-0.15, -0.1) is 0 Å². The molecule has 0 aromatic heterocycles. The van der Waals surface area contributed by atoms with E-state index in [1.165, 1.54) is 11.1 Å². The Morgan fingerprint density at radius 1 is 0.724 bits per heavy atom. The number of benzene rings is 3. The summed E-state index contributed by atoms with van der Waals surface area (Å²) in [4.78, 5) is 0. The molecule has 0 saturated carbocycles. The molecule has 3 rings (SSSR count). The van der Waals surface area contributed by atoms with Crippen LogP contribution in [0.4, 0.5) is 0 Å². The van der Waals surface area contributed by atoms with Crippen LogP contribution in [-0.2, 0) is 13.1 Å². The topological polar surface area (TPSA) is 43.3 Å². The quantitative estimate of drug-likeness (QED) is 0.391. The van der Waals surface area contributed by atoms with Gasteiger partial charge in [0.2, 0.25) is 5.75 Å². The molecule has 0 spiro atoms. The van der Waals surface area contributed by atoms with Gasteiger partial charge in [0.25, 0.3) is 0 Å². The number of ether oxygens (including phenoxy) is 3. The second-order valence-electron chi connectivity index (χ2n) is 6.50. The van der Waals surface area contributed by atoms with Gasteiger partial charge >= 0.3 is 0 Å². The highest BCUT2D eigenvalue weighted by atomic mass is 16.5. The minimum Gasteiger partial charge on any atom is -0.493 e. The van der Waals surface area contributed by atoms with Gasteiger partial charge in [-0.25, -0.2) is 0 Å². The molecular formula is C24H26N2O3. The van der Waals surface area contributed by atoms with Crippen LogP contribution in [0.1, 0.15) is 16.7 Å². The Hall–Kier alpha value is -3.47. The lowest BCUT2D eigenvalue weighted by Crippen LogP contribution is -2.17. The van der Waals surface area contributed by atoms with Gasteiger partial charge in [0.1, 0.15) is 0 Å². The molecule has 3 aromatic rings. The maximum Gasteiger partial charge on any atom is 0.203 e. The van der Waals surface area contributed by atoms with E-state index >= 15 is 0 Å². The Labute approximate surface area is 172 Å². The zero-order valence-corrected chi connectivity index (χ0v) is 17.0. The molecule has 0 aliphatic rings. The normalized spacial score (nSPS) is 10.7. The molecule has 0 unspecified atom stereocenters. The van der Waals surface area contributed by atoms with E-state index in [1.807, 2.05) is 59.8 Å². The number of hydrazone groups is 1. The molecule has 0 fully saturated rings. The first-order valence-corrected chi connectivity index (χ1v) is 9.40. The van der Waals surface area contributed by atoms with E-state index in [0.29, 0.717) is 30.3 Å². The molecule has 3 aromatic carbocycles. The first-order chi connectivity index (χ1) is 14.2. The number of hydrogen-bond acceptors (Lipinski definition) is 5. The molecule has 0 bridgehead atoms. The second-order valence-corrected chi connectivity index (χ2v) is 6.50. The van der Waals surface area contributed by atoms with Crippen molar-refractivity contribution in [1.29, 1.82) is 0 Å². The third-order valence-corrected chi connectivity index (χ3v) is 4.47. The molecule has 5 heteroatoms. The van der Waals surface area contributed by atoms with Gasteiger partial charge in [0.15, 0.2) is 11.5 Å². The van der Waals surface area contributed by atoms with Crippen LogP contribution in [0.3, 0.4) is 0 Å². The summed E-state index contributed by atoms with van der Waals surface area (Å²) in [5.41, 5.74) is 3.27. The van der Waals surface area contributed by atoms with Crippen LogP contribution in [0.15, 0.2) is 77.9 Å². The Morgan fingerprint density at radius 3 is 1.62 bits per heavy atom. The van der Waals surface area contributed by atoms with Crippen molar-refractivity contribution in [2.24, 2.45) is 5.10 Å². The molecule has 5 nitrogen and oxygen atoms in total. The van der Waals surface area contributed by atoms with Crippen molar-refractivity contribution < 1.29 is 14.2 Å². The molecule has 0 saturated heterocycles. The van der Waals surface area contributed by atoms with Gasteiger partial charge in [0, 0.05) is 5.56 Å². The van der Waals surface area contributed by atoms with E-state index in [2.05, 4.69) is 24.3 Å². The molecule has 29 heavy (non-hydrogen) atoms. The van der Waals surface area contributed by atoms with Crippen molar-refractivity contribution in [2.45, 2.75) is 13.1 Å². The van der Waals surface area contributed by atoms with Crippen LogP contribution in [0.2, 0.25) is 0 Å². The highest BCUT2D eigenvalue weighted by Crippen LogP contribution is 2.37. The average Bonchev–Trinajstić information content (AvgIpc) is 2.78. The first kappa shape index (κ1) is 20.3. The van der Waals surface area contributed by atoms with Gasteiger partial charge in [-0.05, 0) is 23.3 Å². The van der Waals surface area contributed by atoms with Gasteiger partial charge in [-0.2, -0.15) is 5.10 Å². The van der Waals surface area contributed by atoms with E-state index in [4.69, 9.17) is 19.3 Å². The van der Waals surface area contributed by atoms with Gasteiger partial charge < -0.3 is 14.2 Å². The van der Waals surface area contributed by atoms with E-state index < -0.39 is 0 Å². The zero-order chi connectivity index (χ0) is 20.5. The highest BCUT2D eigenvalue weighted by molar-refractivity contribution is 5.82. The number of rotatable bonds is 9. The maximum absolute atomic E-state index is 5.44. The van der Waals surface area contributed by atoms with Crippen molar-refractivity contribution in [2.75, 3.05) is 21.3 Å². The Bertz CT molecular complexity index is 861. The van der Waals surface area contributed by atoms with Gasteiger partial charge in [0.05, 0.1) is 40.6 Å². The SMILES string of the molecule is COc1cc(/C=N\N(Cc2ccccc2)Cc2ccccc2)cc(OC)c1OC. The van der Waals surface area contributed by atoms with Crippen LogP contribution in [0.25, 0.3) is 0 Å². The monoisotopic (exact) mass is 390 g/mol. The fourth-order valence-electron chi connectivity index (χ4n) is 3.05. The van der Waals surface area contributed by atoms with E-state index in [-0.39, 0.29) is 0 Å². The molecule has 0 radical (unpaired) electrons. The third-order valence-electron chi connectivity index (χ3n) is 4.47. The van der Waals surface area contributed by atoms with Crippen LogP contribution in [0, 0.1) is 0 Å². The minimum absolute atomic E-state index is 0.567. The maximum atomic E-state index is 5.44. The van der Waals surface area contributed by atoms with Crippen LogP contribution < -0.4 is 14.2 Å². The first-order valence-electron chi connectivity index (χ1n) is 9.40. The summed E-state index contributed by atoms with van der Waals surface area (Å²) in [6, 6.07) is 24.4. The van der Waals surface area contributed by atoms with Crippen molar-refractivity contribution in [3.63, 3.8) is 0 Å². The summed E-state index contributed by atoms with van der Waals surface area (Å²) in [6.45, 7) is 1.41. The molecule has 0 aliphatic carbocycles. The van der Waals surface area contributed by atoms with Crippen molar-refractivity contribution in [3.8, 4) is 17.2 Å². The highest BCUT2D eigenvalue weighted by Gasteiger charge is 2.12. The number of methoxy groups -OCH3 is 3. The molecule has 0 amide bonds. The lowest BCUT2D eigenvalue weighted by Gasteiger charge is -2.20. The minimum atomic E-state index is 0.567. The summed E-state index contributed by atoms with van der Waals surface area (Å²) in [7, 11) is 4.81. The molecule has 0 heterocycles. The molecule has 0 atom stereocenters. The predicted molar refractivity (Wildman–Crippen MR) is 116 cm³/mol. The zero-order valence-electron chi connectivity index (χ0n) is 17.0. The van der Waals surface area contributed by atoms with E-state index in [1.54, 1.807) is 21.3 Å². The average molecular weight is 390 g/mol. The lowest BCUT2D eigenvalue weighted by molar-refractivity contribution is 0.272. The number of nitrogens with zero attached hydrogens (tertiary/aromatic N) is 2. The third kappa shape index (κ3) is 5.51. The Morgan fingerprint density at radius 2 is 1.21 bits per heavy atom. The van der Waals surface area contributed by atoms with Gasteiger partial charge in [-0.1, -0.05) is 60.7 Å². The van der Waals surface area contributed by atoms with Crippen molar-refractivity contribution in [1.82, 2.24) is 5.01 Å². The smallest absolute Gasteiger partial charge is 0.203 e. The Kier molecular flexibility index (Phi) is 7.11. The largest absolute Gasteiger partial charge is 0.493 e. The second kappa shape index (κ2) is 10.2. The molecule has 0 N–H and O–H groups in total. The van der Waals surface area contributed by atoms with Gasteiger partial charge in [-0.3, -0.25) is 5.01 Å². The van der Waals surface area contributed by atoms with E-state index in [9.17, 15) is 0 Å². The standard InChI is InChI=1S/C24H26N2O3/c1-27-22-14-21(15-23(28-2)24(22)29-3)16-25-26(17-19-10-6-4-7-11-19)18-20-12-8-5-9-13-20/h4-16H,17-18H2,1-3H3/b25-16-. The van der Waals surface area contributed by atoms with Crippen LogP contribution >= 0.6 is 0 Å².